The van der Waals surface area contributed by atoms with Crippen LogP contribution in [0.15, 0.2) is 27.1 Å². The largest absolute Gasteiger partial charge is 0.352 e. The Kier molecular flexibility index (Phi) is 6.54. The van der Waals surface area contributed by atoms with Crippen molar-refractivity contribution in [2.24, 2.45) is 17.8 Å². The Labute approximate surface area is 132 Å². The second-order valence-corrected chi connectivity index (χ2v) is 7.26. The van der Waals surface area contributed by atoms with E-state index in [1.165, 1.54) is 0 Å². The summed E-state index contributed by atoms with van der Waals surface area (Å²) in [5.41, 5.74) is 0.667. The molecule has 0 aliphatic carbocycles. The predicted octanol–water partition coefficient (Wildman–Crippen LogP) is 4.87. The molecule has 1 aromatic rings. The van der Waals surface area contributed by atoms with Gasteiger partial charge in [-0.05, 0) is 51.9 Å². The number of amides is 1. The SMILES string of the molecule is CC(C)C(CNC(=O)c1cc(Br)ccc1Br)C(C)C. The van der Waals surface area contributed by atoms with E-state index in [1.54, 1.807) is 0 Å². The van der Waals surface area contributed by atoms with Crippen LogP contribution in [0.4, 0.5) is 0 Å². The number of nitrogens with one attached hydrogen (secondary N) is 1. The molecule has 0 heterocycles. The van der Waals surface area contributed by atoms with Crippen molar-refractivity contribution in [3.63, 3.8) is 0 Å². The molecule has 4 heteroatoms. The van der Waals surface area contributed by atoms with Gasteiger partial charge in [0.25, 0.3) is 5.91 Å². The quantitative estimate of drug-likeness (QED) is 0.763. The van der Waals surface area contributed by atoms with Crippen LogP contribution >= 0.6 is 31.9 Å². The number of carbonyl (C=O) groups excluding carboxylic acids is 1. The van der Waals surface area contributed by atoms with Crippen LogP contribution in [0.3, 0.4) is 0 Å². The molecule has 0 unspecified atom stereocenters. The van der Waals surface area contributed by atoms with Gasteiger partial charge in [0, 0.05) is 15.5 Å². The van der Waals surface area contributed by atoms with Crippen molar-refractivity contribution in [2.45, 2.75) is 27.7 Å². The van der Waals surface area contributed by atoms with E-state index in [1.807, 2.05) is 18.2 Å². The third-order valence-corrected chi connectivity index (χ3v) is 4.57. The Morgan fingerprint density at radius 2 is 1.74 bits per heavy atom. The Hall–Kier alpha value is -0.350. The molecule has 0 aliphatic heterocycles. The summed E-state index contributed by atoms with van der Waals surface area (Å²) in [4.78, 5) is 12.2. The van der Waals surface area contributed by atoms with Gasteiger partial charge in [0.2, 0.25) is 0 Å². The molecule has 0 fully saturated rings. The lowest BCUT2D eigenvalue weighted by atomic mass is 9.85. The zero-order valence-corrected chi connectivity index (χ0v) is 15.0. The number of rotatable bonds is 5. The number of hydrogen-bond donors (Lipinski definition) is 1. The van der Waals surface area contributed by atoms with Crippen molar-refractivity contribution in [3.05, 3.63) is 32.7 Å². The van der Waals surface area contributed by atoms with Crippen molar-refractivity contribution in [3.8, 4) is 0 Å². The average Bonchev–Trinajstić information content (AvgIpc) is 2.31. The molecule has 0 saturated heterocycles. The van der Waals surface area contributed by atoms with Crippen LogP contribution in [0.5, 0.6) is 0 Å². The molecule has 0 radical (unpaired) electrons. The van der Waals surface area contributed by atoms with Crippen LogP contribution < -0.4 is 5.32 Å². The minimum atomic E-state index is -0.0283. The molecule has 0 aliphatic rings. The van der Waals surface area contributed by atoms with E-state index in [4.69, 9.17) is 0 Å². The number of benzene rings is 1. The fourth-order valence-corrected chi connectivity index (χ4v) is 3.01. The third kappa shape index (κ3) is 4.92. The first-order valence-corrected chi connectivity index (χ1v) is 8.14. The van der Waals surface area contributed by atoms with E-state index in [9.17, 15) is 4.79 Å². The zero-order chi connectivity index (χ0) is 14.6. The lowest BCUT2D eigenvalue weighted by Crippen LogP contribution is -2.34. The highest BCUT2D eigenvalue weighted by atomic mass is 79.9. The minimum absolute atomic E-state index is 0.0283. The van der Waals surface area contributed by atoms with Gasteiger partial charge in [-0.2, -0.15) is 0 Å². The molecular weight excluding hydrogens is 370 g/mol. The highest BCUT2D eigenvalue weighted by Crippen LogP contribution is 2.23. The van der Waals surface area contributed by atoms with Crippen molar-refractivity contribution in [1.29, 1.82) is 0 Å². The normalized spacial score (nSPS) is 11.4. The molecule has 106 valence electrons. The van der Waals surface area contributed by atoms with Crippen LogP contribution in [-0.2, 0) is 0 Å². The first-order chi connectivity index (χ1) is 8.82. The summed E-state index contributed by atoms with van der Waals surface area (Å²) < 4.78 is 1.73. The second-order valence-electron chi connectivity index (χ2n) is 5.49. The first-order valence-electron chi connectivity index (χ1n) is 6.56. The van der Waals surface area contributed by atoms with Gasteiger partial charge < -0.3 is 5.32 Å². The summed E-state index contributed by atoms with van der Waals surface area (Å²) in [5, 5.41) is 3.04. The van der Waals surface area contributed by atoms with E-state index in [-0.39, 0.29) is 5.91 Å². The van der Waals surface area contributed by atoms with E-state index in [0.717, 1.165) is 8.95 Å². The molecule has 0 bridgehead atoms. The lowest BCUT2D eigenvalue weighted by Gasteiger charge is -2.25. The first kappa shape index (κ1) is 16.7. The van der Waals surface area contributed by atoms with Crippen LogP contribution in [-0.4, -0.2) is 12.5 Å². The fraction of sp³-hybridized carbons (Fsp3) is 0.533. The average molecular weight is 391 g/mol. The summed E-state index contributed by atoms with van der Waals surface area (Å²) in [7, 11) is 0. The van der Waals surface area contributed by atoms with E-state index in [2.05, 4.69) is 64.9 Å². The van der Waals surface area contributed by atoms with Crippen LogP contribution in [0.25, 0.3) is 0 Å². The Morgan fingerprint density at radius 3 is 2.26 bits per heavy atom. The van der Waals surface area contributed by atoms with Crippen molar-refractivity contribution < 1.29 is 4.79 Å². The maximum Gasteiger partial charge on any atom is 0.252 e. The smallest absolute Gasteiger partial charge is 0.252 e. The molecule has 0 saturated carbocycles. The number of hydrogen-bond acceptors (Lipinski definition) is 1. The monoisotopic (exact) mass is 389 g/mol. The topological polar surface area (TPSA) is 29.1 Å². The van der Waals surface area contributed by atoms with Gasteiger partial charge in [-0.15, -0.1) is 0 Å². The van der Waals surface area contributed by atoms with Crippen molar-refractivity contribution in [2.75, 3.05) is 6.54 Å². The van der Waals surface area contributed by atoms with Crippen molar-refractivity contribution >= 4 is 37.8 Å². The van der Waals surface area contributed by atoms with Crippen LogP contribution in [0.2, 0.25) is 0 Å². The highest BCUT2D eigenvalue weighted by Gasteiger charge is 2.19. The van der Waals surface area contributed by atoms with Crippen LogP contribution in [0.1, 0.15) is 38.1 Å². The lowest BCUT2D eigenvalue weighted by molar-refractivity contribution is 0.0936. The summed E-state index contributed by atoms with van der Waals surface area (Å²) in [5.74, 6) is 1.59. The molecule has 19 heavy (non-hydrogen) atoms. The third-order valence-electron chi connectivity index (χ3n) is 3.38. The Balaban J connectivity index is 2.72. The minimum Gasteiger partial charge on any atom is -0.352 e. The summed E-state index contributed by atoms with van der Waals surface area (Å²) >= 11 is 6.80. The molecule has 1 N–H and O–H groups in total. The molecular formula is C15H21Br2NO. The Bertz CT molecular complexity index is 436. The molecule has 0 aromatic heterocycles. The van der Waals surface area contributed by atoms with Gasteiger partial charge >= 0.3 is 0 Å². The molecule has 0 atom stereocenters. The summed E-state index contributed by atoms with van der Waals surface area (Å²) in [6, 6.07) is 5.62. The molecule has 1 amide bonds. The number of carbonyl (C=O) groups is 1. The van der Waals surface area contributed by atoms with Gasteiger partial charge in [-0.25, -0.2) is 0 Å². The highest BCUT2D eigenvalue weighted by molar-refractivity contribution is 9.11. The maximum absolute atomic E-state index is 12.2. The maximum atomic E-state index is 12.2. The molecule has 1 aromatic carbocycles. The van der Waals surface area contributed by atoms with Gasteiger partial charge in [0.15, 0.2) is 0 Å². The van der Waals surface area contributed by atoms with E-state index < -0.39 is 0 Å². The van der Waals surface area contributed by atoms with Crippen LogP contribution in [0, 0.1) is 17.8 Å². The van der Waals surface area contributed by atoms with Gasteiger partial charge in [0.1, 0.15) is 0 Å². The molecule has 2 nitrogen and oxygen atoms in total. The fourth-order valence-electron chi connectivity index (χ4n) is 2.22. The van der Waals surface area contributed by atoms with Gasteiger partial charge in [-0.3, -0.25) is 4.79 Å². The second kappa shape index (κ2) is 7.44. The standard InChI is InChI=1S/C15H21Br2NO/c1-9(2)13(10(3)4)8-18-15(19)12-7-11(16)5-6-14(12)17/h5-7,9-10,13H,8H2,1-4H3,(H,18,19). The predicted molar refractivity (Wildman–Crippen MR) is 87.3 cm³/mol. The Morgan fingerprint density at radius 1 is 1.16 bits per heavy atom. The molecule has 0 spiro atoms. The molecule has 1 rings (SSSR count). The van der Waals surface area contributed by atoms with Gasteiger partial charge in [0.05, 0.1) is 5.56 Å². The van der Waals surface area contributed by atoms with E-state index in [0.29, 0.717) is 29.9 Å². The summed E-state index contributed by atoms with van der Waals surface area (Å²) in [6.45, 7) is 9.52. The summed E-state index contributed by atoms with van der Waals surface area (Å²) in [6.07, 6.45) is 0. The number of halogens is 2. The van der Waals surface area contributed by atoms with Crippen molar-refractivity contribution in [1.82, 2.24) is 5.32 Å². The van der Waals surface area contributed by atoms with Gasteiger partial charge in [-0.1, -0.05) is 43.6 Å². The zero-order valence-electron chi connectivity index (χ0n) is 11.8. The van der Waals surface area contributed by atoms with E-state index >= 15 is 0 Å².